The van der Waals surface area contributed by atoms with Crippen molar-refractivity contribution in [2.24, 2.45) is 11.8 Å². The molecule has 0 aliphatic heterocycles. The molecule has 16 heavy (non-hydrogen) atoms. The van der Waals surface area contributed by atoms with Crippen molar-refractivity contribution in [1.82, 2.24) is 5.32 Å². The summed E-state index contributed by atoms with van der Waals surface area (Å²) in [6, 6.07) is 2.69. The molecular formula is C14H21NO. The highest BCUT2D eigenvalue weighted by Gasteiger charge is 2.29. The molecule has 1 aromatic rings. The van der Waals surface area contributed by atoms with Gasteiger partial charge in [0.05, 0.1) is 6.26 Å². The molecule has 1 N–H and O–H groups in total. The monoisotopic (exact) mass is 219 g/mol. The average Bonchev–Trinajstić information content (AvgIpc) is 3.04. The highest BCUT2D eigenvalue weighted by molar-refractivity contribution is 5.24. The molecule has 88 valence electrons. The van der Waals surface area contributed by atoms with Crippen molar-refractivity contribution >= 4 is 0 Å². The topological polar surface area (TPSA) is 25.2 Å². The molecule has 0 radical (unpaired) electrons. The summed E-state index contributed by atoms with van der Waals surface area (Å²) in [5.41, 5.74) is 1.41. The predicted octanol–water partition coefficient (Wildman–Crippen LogP) is 3.29. The maximum atomic E-state index is 5.51. The first-order chi connectivity index (χ1) is 7.84. The minimum absolute atomic E-state index is 0.545. The summed E-state index contributed by atoms with van der Waals surface area (Å²) in [7, 11) is 0. The normalized spacial score (nSPS) is 26.4. The van der Waals surface area contributed by atoms with Crippen LogP contribution in [0.4, 0.5) is 0 Å². The lowest BCUT2D eigenvalue weighted by atomic mass is 9.93. The van der Waals surface area contributed by atoms with E-state index in [1.807, 2.05) is 6.26 Å². The Balaban J connectivity index is 1.59. The second-order valence-electron chi connectivity index (χ2n) is 5.47. The van der Waals surface area contributed by atoms with Gasteiger partial charge in [-0.25, -0.2) is 0 Å². The van der Waals surface area contributed by atoms with E-state index in [0.717, 1.165) is 18.3 Å². The summed E-state index contributed by atoms with van der Waals surface area (Å²) in [5.74, 6) is 3.06. The van der Waals surface area contributed by atoms with Crippen LogP contribution in [0.1, 0.15) is 50.0 Å². The molecule has 3 rings (SSSR count). The lowest BCUT2D eigenvalue weighted by Gasteiger charge is -2.24. The smallest absolute Gasteiger partial charge is 0.108 e. The van der Waals surface area contributed by atoms with E-state index in [0.29, 0.717) is 6.04 Å². The molecular weight excluding hydrogens is 198 g/mol. The standard InChI is InChI=1S/C14H21NO/c1-10(11-5-6-11)9-15-13-3-2-4-14-12(13)7-8-16-14/h7-8,10-11,13,15H,2-6,9H2,1H3. The van der Waals surface area contributed by atoms with Crippen molar-refractivity contribution in [2.75, 3.05) is 6.54 Å². The summed E-state index contributed by atoms with van der Waals surface area (Å²) in [6.07, 6.45) is 8.39. The van der Waals surface area contributed by atoms with E-state index in [4.69, 9.17) is 4.42 Å². The summed E-state index contributed by atoms with van der Waals surface area (Å²) >= 11 is 0. The Labute approximate surface area is 97.4 Å². The number of furan rings is 1. The van der Waals surface area contributed by atoms with Gasteiger partial charge in [-0.3, -0.25) is 0 Å². The van der Waals surface area contributed by atoms with Gasteiger partial charge >= 0.3 is 0 Å². The van der Waals surface area contributed by atoms with Gasteiger partial charge in [0, 0.05) is 18.0 Å². The Bertz CT molecular complexity index is 353. The third-order valence-corrected chi connectivity index (χ3v) is 4.16. The van der Waals surface area contributed by atoms with Crippen LogP contribution in [0.2, 0.25) is 0 Å². The molecule has 1 fully saturated rings. The van der Waals surface area contributed by atoms with Gasteiger partial charge in [0.15, 0.2) is 0 Å². The maximum absolute atomic E-state index is 5.51. The second kappa shape index (κ2) is 4.25. The Hall–Kier alpha value is -0.760. The molecule has 2 unspecified atom stereocenters. The van der Waals surface area contributed by atoms with Crippen LogP contribution in [0.25, 0.3) is 0 Å². The number of nitrogens with one attached hydrogen (secondary N) is 1. The largest absolute Gasteiger partial charge is 0.469 e. The second-order valence-corrected chi connectivity index (χ2v) is 5.47. The first-order valence-electron chi connectivity index (χ1n) is 6.64. The lowest BCUT2D eigenvalue weighted by Crippen LogP contribution is -2.29. The molecule has 0 bridgehead atoms. The zero-order chi connectivity index (χ0) is 11.0. The SMILES string of the molecule is CC(CNC1CCCc2occc21)C1CC1. The third-order valence-electron chi connectivity index (χ3n) is 4.16. The molecule has 0 spiro atoms. The van der Waals surface area contributed by atoms with Gasteiger partial charge in [-0.05, 0) is 50.1 Å². The van der Waals surface area contributed by atoms with Crippen molar-refractivity contribution in [3.05, 3.63) is 23.7 Å². The molecule has 1 heterocycles. The van der Waals surface area contributed by atoms with Crippen molar-refractivity contribution in [3.8, 4) is 0 Å². The fourth-order valence-electron chi connectivity index (χ4n) is 2.86. The van der Waals surface area contributed by atoms with E-state index in [1.165, 1.54) is 43.6 Å². The molecule has 1 saturated carbocycles. The molecule has 1 aromatic heterocycles. The van der Waals surface area contributed by atoms with Crippen LogP contribution >= 0.6 is 0 Å². The summed E-state index contributed by atoms with van der Waals surface area (Å²) in [6.45, 7) is 3.55. The van der Waals surface area contributed by atoms with E-state index < -0.39 is 0 Å². The minimum atomic E-state index is 0.545. The molecule has 2 nitrogen and oxygen atoms in total. The van der Waals surface area contributed by atoms with Crippen LogP contribution in [0.3, 0.4) is 0 Å². The maximum Gasteiger partial charge on any atom is 0.108 e. The van der Waals surface area contributed by atoms with Gasteiger partial charge < -0.3 is 9.73 Å². The van der Waals surface area contributed by atoms with Crippen molar-refractivity contribution < 1.29 is 4.42 Å². The zero-order valence-corrected chi connectivity index (χ0v) is 10.0. The van der Waals surface area contributed by atoms with Gasteiger partial charge in [0.2, 0.25) is 0 Å². The third kappa shape index (κ3) is 2.03. The molecule has 0 aromatic carbocycles. The number of hydrogen-bond acceptors (Lipinski definition) is 2. The lowest BCUT2D eigenvalue weighted by molar-refractivity contribution is 0.374. The molecule has 2 atom stereocenters. The molecule has 0 amide bonds. The first-order valence-corrected chi connectivity index (χ1v) is 6.64. The van der Waals surface area contributed by atoms with Gasteiger partial charge in [0.1, 0.15) is 5.76 Å². The Kier molecular flexibility index (Phi) is 2.76. The fourth-order valence-corrected chi connectivity index (χ4v) is 2.86. The van der Waals surface area contributed by atoms with Crippen LogP contribution in [-0.2, 0) is 6.42 Å². The molecule has 2 aliphatic rings. The van der Waals surface area contributed by atoms with Gasteiger partial charge in [-0.15, -0.1) is 0 Å². The van der Waals surface area contributed by atoms with E-state index in [9.17, 15) is 0 Å². The number of fused-ring (bicyclic) bond motifs is 1. The number of aryl methyl sites for hydroxylation is 1. The summed E-state index contributed by atoms with van der Waals surface area (Å²) in [4.78, 5) is 0. The van der Waals surface area contributed by atoms with Crippen LogP contribution < -0.4 is 5.32 Å². The van der Waals surface area contributed by atoms with E-state index >= 15 is 0 Å². The van der Waals surface area contributed by atoms with E-state index in [2.05, 4.69) is 18.3 Å². The Morgan fingerprint density at radius 2 is 2.31 bits per heavy atom. The first kappa shape index (κ1) is 10.4. The van der Waals surface area contributed by atoms with E-state index in [1.54, 1.807) is 0 Å². The van der Waals surface area contributed by atoms with Crippen LogP contribution in [0.15, 0.2) is 16.7 Å². The average molecular weight is 219 g/mol. The molecule has 0 saturated heterocycles. The van der Waals surface area contributed by atoms with Crippen LogP contribution in [-0.4, -0.2) is 6.54 Å². The fraction of sp³-hybridized carbons (Fsp3) is 0.714. The van der Waals surface area contributed by atoms with Crippen molar-refractivity contribution in [3.63, 3.8) is 0 Å². The van der Waals surface area contributed by atoms with Gasteiger partial charge in [0.25, 0.3) is 0 Å². The molecule has 2 heteroatoms. The molecule has 2 aliphatic carbocycles. The summed E-state index contributed by atoms with van der Waals surface area (Å²) in [5, 5.41) is 3.73. The van der Waals surface area contributed by atoms with Crippen molar-refractivity contribution in [2.45, 2.75) is 45.1 Å². The minimum Gasteiger partial charge on any atom is -0.469 e. The number of hydrogen-bond donors (Lipinski definition) is 1. The van der Waals surface area contributed by atoms with E-state index in [-0.39, 0.29) is 0 Å². The van der Waals surface area contributed by atoms with Gasteiger partial charge in [-0.2, -0.15) is 0 Å². The highest BCUT2D eigenvalue weighted by atomic mass is 16.3. The summed E-state index contributed by atoms with van der Waals surface area (Å²) < 4.78 is 5.51. The van der Waals surface area contributed by atoms with Crippen LogP contribution in [0, 0.1) is 11.8 Å². The Morgan fingerprint density at radius 1 is 1.44 bits per heavy atom. The zero-order valence-electron chi connectivity index (χ0n) is 10.0. The predicted molar refractivity (Wildman–Crippen MR) is 64.3 cm³/mol. The quantitative estimate of drug-likeness (QED) is 0.840. The Morgan fingerprint density at radius 3 is 3.12 bits per heavy atom. The highest BCUT2D eigenvalue weighted by Crippen LogP contribution is 2.37. The van der Waals surface area contributed by atoms with Gasteiger partial charge in [-0.1, -0.05) is 6.92 Å². The number of rotatable bonds is 4. The van der Waals surface area contributed by atoms with Crippen molar-refractivity contribution in [1.29, 1.82) is 0 Å². The van der Waals surface area contributed by atoms with Crippen LogP contribution in [0.5, 0.6) is 0 Å².